The van der Waals surface area contributed by atoms with Crippen LogP contribution in [0.2, 0.25) is 0 Å². The maximum atomic E-state index is 5.78. The van der Waals surface area contributed by atoms with Crippen molar-refractivity contribution in [2.24, 2.45) is 5.73 Å². The normalized spacial score (nSPS) is 10.6. The zero-order chi connectivity index (χ0) is 15.2. The summed E-state index contributed by atoms with van der Waals surface area (Å²) in [6.45, 7) is 1.14. The van der Waals surface area contributed by atoms with E-state index >= 15 is 0 Å². The van der Waals surface area contributed by atoms with Gasteiger partial charge in [0.2, 0.25) is 0 Å². The number of hydrogen-bond donors (Lipinski definition) is 2. The number of rotatable bonds is 6. The van der Waals surface area contributed by atoms with Gasteiger partial charge in [0.05, 0.1) is 12.3 Å². The molecule has 112 valence electrons. The minimum absolute atomic E-state index is 0.466. The van der Waals surface area contributed by atoms with E-state index in [2.05, 4.69) is 22.3 Å². The van der Waals surface area contributed by atoms with Gasteiger partial charge in [-0.3, -0.25) is 5.10 Å². The molecule has 4 nitrogen and oxygen atoms in total. The Bertz CT molecular complexity index is 705. The molecule has 0 aliphatic carbocycles. The van der Waals surface area contributed by atoms with Crippen LogP contribution < -0.4 is 10.5 Å². The molecule has 0 atom stereocenters. The molecule has 0 aliphatic rings. The van der Waals surface area contributed by atoms with Gasteiger partial charge in [0, 0.05) is 24.2 Å². The van der Waals surface area contributed by atoms with Gasteiger partial charge in [0.25, 0.3) is 0 Å². The van der Waals surface area contributed by atoms with Crippen LogP contribution in [0.4, 0.5) is 0 Å². The zero-order valence-corrected chi connectivity index (χ0v) is 12.3. The topological polar surface area (TPSA) is 63.9 Å². The Morgan fingerprint density at radius 1 is 1.00 bits per heavy atom. The number of nitrogens with zero attached hydrogens (tertiary/aromatic N) is 1. The van der Waals surface area contributed by atoms with E-state index in [1.165, 1.54) is 5.56 Å². The molecule has 2 aromatic carbocycles. The van der Waals surface area contributed by atoms with E-state index in [9.17, 15) is 0 Å². The van der Waals surface area contributed by atoms with Crippen molar-refractivity contribution >= 4 is 0 Å². The highest BCUT2D eigenvalue weighted by Gasteiger charge is 2.03. The quantitative estimate of drug-likeness (QED) is 0.734. The molecule has 0 amide bonds. The molecular formula is C18H19N3O. The zero-order valence-electron chi connectivity index (χ0n) is 12.3. The summed E-state index contributed by atoms with van der Waals surface area (Å²) in [6, 6.07) is 20.3. The van der Waals surface area contributed by atoms with Crippen molar-refractivity contribution < 1.29 is 4.74 Å². The second-order valence-electron chi connectivity index (χ2n) is 5.09. The van der Waals surface area contributed by atoms with Crippen LogP contribution >= 0.6 is 0 Å². The number of nitrogens with one attached hydrogen (secondary N) is 1. The second-order valence-corrected chi connectivity index (χ2v) is 5.09. The highest BCUT2D eigenvalue weighted by molar-refractivity contribution is 5.60. The van der Waals surface area contributed by atoms with Gasteiger partial charge in [0.15, 0.2) is 0 Å². The van der Waals surface area contributed by atoms with Crippen molar-refractivity contribution in [3.05, 3.63) is 71.9 Å². The van der Waals surface area contributed by atoms with Crippen molar-refractivity contribution in [3.8, 4) is 17.0 Å². The van der Waals surface area contributed by atoms with Crippen molar-refractivity contribution in [3.63, 3.8) is 0 Å². The average Bonchev–Trinajstić information content (AvgIpc) is 3.06. The molecule has 3 N–H and O–H groups in total. The maximum absolute atomic E-state index is 5.78. The number of hydrogen-bond acceptors (Lipinski definition) is 3. The van der Waals surface area contributed by atoms with Crippen molar-refractivity contribution in [1.29, 1.82) is 0 Å². The molecule has 0 radical (unpaired) electrons. The van der Waals surface area contributed by atoms with Gasteiger partial charge in [-0.15, -0.1) is 0 Å². The fraction of sp³-hybridized carbons (Fsp3) is 0.167. The lowest BCUT2D eigenvalue weighted by atomic mass is 10.1. The molecule has 0 unspecified atom stereocenters. The van der Waals surface area contributed by atoms with E-state index in [4.69, 9.17) is 10.5 Å². The van der Waals surface area contributed by atoms with Crippen molar-refractivity contribution in [1.82, 2.24) is 10.2 Å². The van der Waals surface area contributed by atoms with E-state index in [-0.39, 0.29) is 0 Å². The molecule has 0 saturated heterocycles. The van der Waals surface area contributed by atoms with Gasteiger partial charge >= 0.3 is 0 Å². The molecule has 0 bridgehead atoms. The van der Waals surface area contributed by atoms with Crippen molar-refractivity contribution in [2.45, 2.75) is 13.0 Å². The first-order valence-electron chi connectivity index (χ1n) is 7.36. The van der Waals surface area contributed by atoms with Gasteiger partial charge in [-0.1, -0.05) is 30.3 Å². The highest BCUT2D eigenvalue weighted by atomic mass is 16.5. The monoisotopic (exact) mass is 293 g/mol. The van der Waals surface area contributed by atoms with Gasteiger partial charge < -0.3 is 10.5 Å². The predicted molar refractivity (Wildman–Crippen MR) is 87.6 cm³/mol. The van der Waals surface area contributed by atoms with Gasteiger partial charge in [-0.05, 0) is 35.9 Å². The summed E-state index contributed by atoms with van der Waals surface area (Å²) >= 11 is 0. The average molecular weight is 293 g/mol. The SMILES string of the molecule is NCc1cc(-c2ccc(OCCc3ccccc3)cc2)n[nH]1. The molecule has 0 spiro atoms. The van der Waals surface area contributed by atoms with Crippen LogP contribution in [0.3, 0.4) is 0 Å². The number of H-pyrrole nitrogens is 1. The van der Waals surface area contributed by atoms with Crippen LogP contribution in [0.25, 0.3) is 11.3 Å². The second kappa shape index (κ2) is 6.91. The first-order valence-corrected chi connectivity index (χ1v) is 7.36. The fourth-order valence-electron chi connectivity index (χ4n) is 2.27. The maximum Gasteiger partial charge on any atom is 0.119 e. The third-order valence-corrected chi connectivity index (χ3v) is 3.50. The van der Waals surface area contributed by atoms with Crippen LogP contribution in [0.5, 0.6) is 5.75 Å². The van der Waals surface area contributed by atoms with Gasteiger partial charge in [-0.2, -0.15) is 5.10 Å². The first kappa shape index (κ1) is 14.4. The van der Waals surface area contributed by atoms with E-state index in [0.717, 1.165) is 29.1 Å². The smallest absolute Gasteiger partial charge is 0.119 e. The third kappa shape index (κ3) is 3.54. The minimum atomic E-state index is 0.466. The summed E-state index contributed by atoms with van der Waals surface area (Å²) in [4.78, 5) is 0. The standard InChI is InChI=1S/C18H19N3O/c19-13-16-12-18(21-20-16)15-6-8-17(9-7-15)22-11-10-14-4-2-1-3-5-14/h1-9,12H,10-11,13,19H2,(H,20,21). The summed E-state index contributed by atoms with van der Waals surface area (Å²) in [5, 5.41) is 7.16. The molecule has 4 heteroatoms. The molecule has 1 heterocycles. The van der Waals surface area contributed by atoms with E-state index in [0.29, 0.717) is 13.2 Å². The number of aromatic nitrogens is 2. The lowest BCUT2D eigenvalue weighted by Crippen LogP contribution is -2.00. The molecule has 0 saturated carbocycles. The number of aromatic amines is 1. The lowest BCUT2D eigenvalue weighted by molar-refractivity contribution is 0.322. The Morgan fingerprint density at radius 2 is 1.77 bits per heavy atom. The van der Waals surface area contributed by atoms with Crippen LogP contribution in [0.15, 0.2) is 60.7 Å². The van der Waals surface area contributed by atoms with Gasteiger partial charge in [-0.25, -0.2) is 0 Å². The number of nitrogens with two attached hydrogens (primary N) is 1. The minimum Gasteiger partial charge on any atom is -0.493 e. The van der Waals surface area contributed by atoms with Crippen LogP contribution in [-0.2, 0) is 13.0 Å². The summed E-state index contributed by atoms with van der Waals surface area (Å²) in [7, 11) is 0. The number of ether oxygens (including phenoxy) is 1. The van der Waals surface area contributed by atoms with Gasteiger partial charge in [0.1, 0.15) is 5.75 Å². The Kier molecular flexibility index (Phi) is 4.51. The third-order valence-electron chi connectivity index (χ3n) is 3.50. The predicted octanol–water partition coefficient (Wildman–Crippen LogP) is 3.16. The molecular weight excluding hydrogens is 274 g/mol. The molecule has 3 rings (SSSR count). The Labute approximate surface area is 129 Å². The van der Waals surface area contributed by atoms with Crippen LogP contribution in [0, 0.1) is 0 Å². The van der Waals surface area contributed by atoms with Crippen molar-refractivity contribution in [2.75, 3.05) is 6.61 Å². The summed E-state index contributed by atoms with van der Waals surface area (Å²) in [6.07, 6.45) is 0.905. The highest BCUT2D eigenvalue weighted by Crippen LogP contribution is 2.21. The summed E-state index contributed by atoms with van der Waals surface area (Å²) < 4.78 is 5.78. The summed E-state index contributed by atoms with van der Waals surface area (Å²) in [5.74, 6) is 0.870. The van der Waals surface area contributed by atoms with E-state index < -0.39 is 0 Å². The fourth-order valence-corrected chi connectivity index (χ4v) is 2.27. The van der Waals surface area contributed by atoms with Crippen LogP contribution in [0.1, 0.15) is 11.3 Å². The number of benzene rings is 2. The molecule has 0 aliphatic heterocycles. The first-order chi connectivity index (χ1) is 10.8. The Balaban J connectivity index is 1.57. The lowest BCUT2D eigenvalue weighted by Gasteiger charge is -2.06. The molecule has 0 fully saturated rings. The molecule has 1 aromatic heterocycles. The van der Waals surface area contributed by atoms with E-state index in [1.807, 2.05) is 48.5 Å². The molecule has 3 aromatic rings. The molecule has 22 heavy (non-hydrogen) atoms. The largest absolute Gasteiger partial charge is 0.493 e. The summed E-state index contributed by atoms with van der Waals surface area (Å²) in [5.41, 5.74) is 9.74. The van der Waals surface area contributed by atoms with E-state index in [1.54, 1.807) is 0 Å². The Morgan fingerprint density at radius 3 is 2.45 bits per heavy atom. The van der Waals surface area contributed by atoms with Crippen LogP contribution in [-0.4, -0.2) is 16.8 Å². The Hall–Kier alpha value is -2.59.